The molecule has 12 rings (SSSR count). The Hall–Kier alpha value is -7.89. The summed E-state index contributed by atoms with van der Waals surface area (Å²) in [7, 11) is 0. The molecule has 0 aliphatic heterocycles. The van der Waals surface area contributed by atoms with Crippen molar-refractivity contribution in [2.75, 3.05) is 0 Å². The standard InChI is InChI=1S/C57H39N3O2/c1-6-16-36(17-7-1)43-28-30-45(38-20-10-3-11-21-38)53-51(43)47-34-41(26-32-49(47)61-53)56-58-55(40-24-14-5-15-25-40)59-57(60-56)42-27-33-50-48(35-42)52-44(37-18-8-2-9-19-37)29-31-46(54(52)62-50)39-22-12-4-13-23-39/h1-14,16-24,26,28-35,42H,15,25,27H2. The van der Waals surface area contributed by atoms with Crippen LogP contribution < -0.4 is 10.6 Å². The van der Waals surface area contributed by atoms with Crippen molar-refractivity contribution in [1.82, 2.24) is 15.0 Å². The number of rotatable bonds is 7. The van der Waals surface area contributed by atoms with Gasteiger partial charge in [-0.05, 0) is 94.6 Å². The molecule has 0 saturated carbocycles. The lowest BCUT2D eigenvalue weighted by molar-refractivity contribution is 0.570. The molecule has 0 bridgehead atoms. The maximum Gasteiger partial charge on any atom is 0.163 e. The summed E-state index contributed by atoms with van der Waals surface area (Å²) in [4.78, 5) is 15.8. The first-order valence-corrected chi connectivity index (χ1v) is 21.3. The van der Waals surface area contributed by atoms with Crippen molar-refractivity contribution < 1.29 is 8.83 Å². The van der Waals surface area contributed by atoms with E-state index >= 15 is 0 Å². The molecule has 0 amide bonds. The molecule has 5 nitrogen and oxygen atoms in total. The Balaban J connectivity index is 1.05. The molecule has 3 heterocycles. The van der Waals surface area contributed by atoms with Crippen molar-refractivity contribution in [3.05, 3.63) is 204 Å². The Morgan fingerprint density at radius 1 is 0.500 bits per heavy atom. The van der Waals surface area contributed by atoms with Crippen LogP contribution in [0, 0.1) is 0 Å². The van der Waals surface area contributed by atoms with Gasteiger partial charge in [0.25, 0.3) is 0 Å². The summed E-state index contributed by atoms with van der Waals surface area (Å²) in [6.07, 6.45) is 13.5. The molecule has 294 valence electrons. The Bertz CT molecular complexity index is 3530. The van der Waals surface area contributed by atoms with E-state index in [2.05, 4.69) is 188 Å². The third-order valence-corrected chi connectivity index (χ3v) is 12.3. The van der Waals surface area contributed by atoms with Gasteiger partial charge < -0.3 is 8.83 Å². The van der Waals surface area contributed by atoms with Gasteiger partial charge >= 0.3 is 0 Å². The number of nitrogens with zero attached hydrogens (tertiary/aromatic N) is 3. The fourth-order valence-electron chi connectivity index (χ4n) is 9.29. The average molecular weight is 798 g/mol. The topological polar surface area (TPSA) is 65.0 Å². The summed E-state index contributed by atoms with van der Waals surface area (Å²) in [6.45, 7) is 0. The van der Waals surface area contributed by atoms with E-state index in [9.17, 15) is 0 Å². The molecule has 0 N–H and O–H groups in total. The van der Waals surface area contributed by atoms with E-state index in [1.807, 2.05) is 6.07 Å². The van der Waals surface area contributed by atoms with Crippen molar-refractivity contribution in [1.29, 1.82) is 0 Å². The van der Waals surface area contributed by atoms with Crippen molar-refractivity contribution in [3.8, 4) is 55.9 Å². The Morgan fingerprint density at radius 3 is 1.68 bits per heavy atom. The molecule has 0 saturated heterocycles. The summed E-state index contributed by atoms with van der Waals surface area (Å²) < 4.78 is 13.6. The number of hydrogen-bond donors (Lipinski definition) is 0. The number of hydrogen-bond acceptors (Lipinski definition) is 5. The molecule has 5 heteroatoms. The van der Waals surface area contributed by atoms with E-state index in [0.29, 0.717) is 12.2 Å². The monoisotopic (exact) mass is 797 g/mol. The molecular weight excluding hydrogens is 759 g/mol. The molecule has 62 heavy (non-hydrogen) atoms. The van der Waals surface area contributed by atoms with Gasteiger partial charge in [0.1, 0.15) is 28.0 Å². The van der Waals surface area contributed by atoms with Gasteiger partial charge in [-0.2, -0.15) is 0 Å². The quantitative estimate of drug-likeness (QED) is 0.161. The minimum Gasteiger partial charge on any atom is -0.456 e. The highest BCUT2D eigenvalue weighted by Gasteiger charge is 2.24. The van der Waals surface area contributed by atoms with Crippen LogP contribution in [0.15, 0.2) is 191 Å². The zero-order valence-corrected chi connectivity index (χ0v) is 33.8. The van der Waals surface area contributed by atoms with E-state index in [1.54, 1.807) is 0 Å². The second-order valence-electron chi connectivity index (χ2n) is 16.1. The zero-order valence-electron chi connectivity index (χ0n) is 33.8. The van der Waals surface area contributed by atoms with E-state index in [4.69, 9.17) is 23.8 Å². The van der Waals surface area contributed by atoms with E-state index in [-0.39, 0.29) is 5.92 Å². The smallest absolute Gasteiger partial charge is 0.163 e. The lowest BCUT2D eigenvalue weighted by Crippen LogP contribution is -2.26. The predicted molar refractivity (Wildman–Crippen MR) is 252 cm³/mol. The van der Waals surface area contributed by atoms with Crippen LogP contribution in [-0.4, -0.2) is 15.0 Å². The minimum atomic E-state index is -0.107. The SMILES string of the molecule is C1=CCCC(c2nc(-c3ccc4oc5c(-c6ccccc6)ccc(-c6ccccc6)c5c4c3)nc(C3C=c4c(oc5c(-c6ccccc6)ccc(-c6ccccc6)c45)=CC3)n2)=C1. The first kappa shape index (κ1) is 36.0. The average Bonchev–Trinajstić information content (AvgIpc) is 3.94. The van der Waals surface area contributed by atoms with Crippen LogP contribution in [0.3, 0.4) is 0 Å². The molecule has 1 atom stereocenters. The fraction of sp³-hybridized carbons (Fsp3) is 0.0702. The summed E-state index contributed by atoms with van der Waals surface area (Å²) in [6, 6.07) is 57.3. The number of fused-ring (bicyclic) bond motifs is 6. The number of aromatic nitrogens is 3. The van der Waals surface area contributed by atoms with Crippen LogP contribution in [0.4, 0.5) is 0 Å². The van der Waals surface area contributed by atoms with E-state index < -0.39 is 0 Å². The summed E-state index contributed by atoms with van der Waals surface area (Å²) in [5.41, 5.74) is 14.4. The van der Waals surface area contributed by atoms with Gasteiger partial charge in [-0.3, -0.25) is 0 Å². The predicted octanol–water partition coefficient (Wildman–Crippen LogP) is 13.3. The fourth-order valence-corrected chi connectivity index (χ4v) is 9.29. The normalized spacial score (nSPS) is 14.7. The second kappa shape index (κ2) is 15.0. The van der Waals surface area contributed by atoms with Crippen molar-refractivity contribution in [2.24, 2.45) is 0 Å². The molecular formula is C57H39N3O2. The molecule has 7 aromatic carbocycles. The van der Waals surface area contributed by atoms with Gasteiger partial charge in [0.2, 0.25) is 0 Å². The van der Waals surface area contributed by atoms with Crippen molar-refractivity contribution >= 4 is 50.6 Å². The van der Waals surface area contributed by atoms with Gasteiger partial charge in [0.15, 0.2) is 11.6 Å². The molecule has 2 aliphatic carbocycles. The first-order valence-electron chi connectivity index (χ1n) is 21.3. The molecule has 0 radical (unpaired) electrons. The van der Waals surface area contributed by atoms with Gasteiger partial charge in [0.05, 0.1) is 0 Å². The minimum absolute atomic E-state index is 0.107. The Kier molecular flexibility index (Phi) is 8.70. The van der Waals surface area contributed by atoms with Crippen LogP contribution >= 0.6 is 0 Å². The maximum atomic E-state index is 6.82. The van der Waals surface area contributed by atoms with Gasteiger partial charge in [-0.15, -0.1) is 0 Å². The lowest BCUT2D eigenvalue weighted by Gasteiger charge is -2.16. The molecule has 0 fully saturated rings. The number of allylic oxidation sites excluding steroid dienone is 4. The van der Waals surface area contributed by atoms with Gasteiger partial charge in [0, 0.05) is 44.0 Å². The number of benzene rings is 7. The summed E-state index contributed by atoms with van der Waals surface area (Å²) >= 11 is 0. The molecule has 10 aromatic rings. The van der Waals surface area contributed by atoms with Crippen LogP contribution in [0.5, 0.6) is 0 Å². The van der Waals surface area contributed by atoms with Gasteiger partial charge in [-0.25, -0.2) is 15.0 Å². The summed E-state index contributed by atoms with van der Waals surface area (Å²) in [5, 5.41) is 4.27. The molecule has 3 aromatic heterocycles. The largest absolute Gasteiger partial charge is 0.456 e. The lowest BCUT2D eigenvalue weighted by atomic mass is 9.92. The molecule has 2 aliphatic rings. The van der Waals surface area contributed by atoms with Crippen LogP contribution in [-0.2, 0) is 0 Å². The van der Waals surface area contributed by atoms with Crippen LogP contribution in [0.25, 0.3) is 107 Å². The Labute approximate surface area is 358 Å². The molecule has 1 unspecified atom stereocenters. The third kappa shape index (κ3) is 6.21. The van der Waals surface area contributed by atoms with E-state index in [0.717, 1.165) is 124 Å². The van der Waals surface area contributed by atoms with Crippen molar-refractivity contribution in [2.45, 2.75) is 25.2 Å². The van der Waals surface area contributed by atoms with Crippen molar-refractivity contribution in [3.63, 3.8) is 0 Å². The number of furan rings is 2. The Morgan fingerprint density at radius 2 is 1.06 bits per heavy atom. The van der Waals surface area contributed by atoms with Crippen LogP contribution in [0.1, 0.15) is 36.8 Å². The van der Waals surface area contributed by atoms with Crippen LogP contribution in [0.2, 0.25) is 0 Å². The highest BCUT2D eigenvalue weighted by molar-refractivity contribution is 6.17. The summed E-state index contributed by atoms with van der Waals surface area (Å²) in [5.74, 6) is 2.00. The highest BCUT2D eigenvalue weighted by Crippen LogP contribution is 2.43. The van der Waals surface area contributed by atoms with E-state index in [1.165, 1.54) is 0 Å². The maximum absolute atomic E-state index is 6.82. The third-order valence-electron chi connectivity index (χ3n) is 12.3. The van der Waals surface area contributed by atoms with Gasteiger partial charge in [-0.1, -0.05) is 158 Å². The zero-order chi connectivity index (χ0) is 41.0. The molecule has 0 spiro atoms. The first-order chi connectivity index (χ1) is 30.7. The highest BCUT2D eigenvalue weighted by atomic mass is 16.3. The second-order valence-corrected chi connectivity index (χ2v) is 16.1.